The summed E-state index contributed by atoms with van der Waals surface area (Å²) in [5.74, 6) is 5.78. The summed E-state index contributed by atoms with van der Waals surface area (Å²) < 4.78 is 17.8. The first-order valence-electron chi connectivity index (χ1n) is 5.90. The van der Waals surface area contributed by atoms with Crippen LogP contribution in [0.2, 0.25) is 0 Å². The number of ether oxygens (including phenoxy) is 1. The number of nitrogens with one attached hydrogen (secondary N) is 1. The number of amides is 1. The first-order valence-corrected chi connectivity index (χ1v) is 5.90. The predicted octanol–water partition coefficient (Wildman–Crippen LogP) is 1.54. The van der Waals surface area contributed by atoms with Crippen LogP contribution in [0.5, 0.6) is 0 Å². The Morgan fingerprint density at radius 2 is 2.24 bits per heavy atom. The number of hydrogen-bond acceptors (Lipinski definition) is 4. The Morgan fingerprint density at radius 1 is 1.59 bits per heavy atom. The zero-order chi connectivity index (χ0) is 13.1. The zero-order valence-electron chi connectivity index (χ0n) is 10.8. The molecule has 100 valence electrons. The minimum atomic E-state index is -0.795. The molecule has 1 aliphatic rings. The number of rotatable bonds is 3. The van der Waals surface area contributed by atoms with Crippen LogP contribution < -0.4 is 11.2 Å². The van der Waals surface area contributed by atoms with Crippen LogP contribution in [-0.2, 0) is 4.74 Å². The molecule has 0 aromatic carbocycles. The van der Waals surface area contributed by atoms with E-state index in [2.05, 4.69) is 5.32 Å². The van der Waals surface area contributed by atoms with Crippen molar-refractivity contribution in [3.05, 3.63) is 0 Å². The number of hydrogen-bond donors (Lipinski definition) is 2. The molecule has 1 rings (SSSR count). The molecule has 3 N–H and O–H groups in total. The third kappa shape index (κ3) is 3.54. The van der Waals surface area contributed by atoms with Crippen molar-refractivity contribution in [1.29, 1.82) is 0 Å². The number of hydrazine groups is 1. The van der Waals surface area contributed by atoms with E-state index < -0.39 is 24.0 Å². The maximum Gasteiger partial charge on any atom is 0.426 e. The Labute approximate surface area is 101 Å². The van der Waals surface area contributed by atoms with Crippen molar-refractivity contribution < 1.29 is 13.9 Å². The van der Waals surface area contributed by atoms with Gasteiger partial charge >= 0.3 is 6.09 Å². The molecule has 0 radical (unpaired) electrons. The van der Waals surface area contributed by atoms with Crippen molar-refractivity contribution in [2.75, 3.05) is 13.2 Å². The smallest absolute Gasteiger partial charge is 0.426 e. The van der Waals surface area contributed by atoms with Crippen molar-refractivity contribution in [3.8, 4) is 0 Å². The maximum atomic E-state index is 12.6. The van der Waals surface area contributed by atoms with Crippen LogP contribution in [-0.4, -0.2) is 35.6 Å². The second kappa shape index (κ2) is 5.18. The standard InChI is InChI=1S/C11H22FN3O2/c1-10(2,3)17-9(16)15(13)11(6-7-12)5-4-8-14-11/h14H,4-8,13H2,1-3H3/t11-/m0/s1. The second-order valence-electron chi connectivity index (χ2n) is 5.35. The predicted molar refractivity (Wildman–Crippen MR) is 62.8 cm³/mol. The highest BCUT2D eigenvalue weighted by molar-refractivity contribution is 5.68. The van der Waals surface area contributed by atoms with Gasteiger partial charge in [-0.3, -0.25) is 9.71 Å². The lowest BCUT2D eigenvalue weighted by atomic mass is 10.0. The molecule has 0 aromatic rings. The van der Waals surface area contributed by atoms with Crippen LogP contribution in [0.4, 0.5) is 9.18 Å². The van der Waals surface area contributed by atoms with E-state index in [0.717, 1.165) is 18.0 Å². The van der Waals surface area contributed by atoms with Gasteiger partial charge in [0.1, 0.15) is 11.3 Å². The van der Waals surface area contributed by atoms with Crippen molar-refractivity contribution in [2.24, 2.45) is 5.84 Å². The number of carbonyl (C=O) groups is 1. The molecule has 0 aromatic heterocycles. The van der Waals surface area contributed by atoms with Crippen molar-refractivity contribution in [2.45, 2.75) is 51.3 Å². The van der Waals surface area contributed by atoms with Gasteiger partial charge in [0.2, 0.25) is 0 Å². The highest BCUT2D eigenvalue weighted by atomic mass is 19.1. The van der Waals surface area contributed by atoms with Crippen molar-refractivity contribution in [1.82, 2.24) is 10.3 Å². The first-order chi connectivity index (χ1) is 7.81. The molecule has 0 bridgehead atoms. The average Bonchev–Trinajstić information content (AvgIpc) is 2.64. The maximum absolute atomic E-state index is 12.6. The minimum absolute atomic E-state index is 0.183. The first kappa shape index (κ1) is 14.2. The number of halogens is 1. The SMILES string of the molecule is CC(C)(C)OC(=O)N(N)[C@]1(CCF)CCCN1. The normalized spacial score (nSPS) is 24.8. The molecule has 5 nitrogen and oxygen atoms in total. The number of nitrogens with two attached hydrogens (primary N) is 1. The van der Waals surface area contributed by atoms with Crippen LogP contribution in [0.15, 0.2) is 0 Å². The summed E-state index contributed by atoms with van der Waals surface area (Å²) in [6.45, 7) is 5.51. The number of nitrogens with zero attached hydrogens (tertiary/aromatic N) is 1. The topological polar surface area (TPSA) is 67.6 Å². The fourth-order valence-corrected chi connectivity index (χ4v) is 1.97. The molecule has 0 spiro atoms. The lowest BCUT2D eigenvalue weighted by Crippen LogP contribution is -2.62. The summed E-state index contributed by atoms with van der Waals surface area (Å²) in [5.41, 5.74) is -1.40. The van der Waals surface area contributed by atoms with Gasteiger partial charge in [-0.05, 0) is 40.2 Å². The molecule has 0 saturated carbocycles. The molecule has 1 fully saturated rings. The third-order valence-electron chi connectivity index (χ3n) is 2.78. The fourth-order valence-electron chi connectivity index (χ4n) is 1.97. The monoisotopic (exact) mass is 247 g/mol. The Hall–Kier alpha value is -0.880. The second-order valence-corrected chi connectivity index (χ2v) is 5.35. The molecule has 17 heavy (non-hydrogen) atoms. The fraction of sp³-hybridized carbons (Fsp3) is 0.909. The van der Waals surface area contributed by atoms with E-state index in [1.807, 2.05) is 0 Å². The van der Waals surface area contributed by atoms with Crippen LogP contribution >= 0.6 is 0 Å². The molecular weight excluding hydrogens is 225 g/mol. The van der Waals surface area contributed by atoms with Gasteiger partial charge in [0.05, 0.1) is 6.67 Å². The summed E-state index contributed by atoms with van der Waals surface area (Å²) in [6, 6.07) is 0. The van der Waals surface area contributed by atoms with Crippen molar-refractivity contribution >= 4 is 6.09 Å². The van der Waals surface area contributed by atoms with Gasteiger partial charge in [-0.2, -0.15) is 0 Å². The van der Waals surface area contributed by atoms with Crippen LogP contribution in [0, 0.1) is 0 Å². The quantitative estimate of drug-likeness (QED) is 0.451. The van der Waals surface area contributed by atoms with Gasteiger partial charge < -0.3 is 4.74 Å². The van der Waals surface area contributed by atoms with Gasteiger partial charge in [-0.25, -0.2) is 15.6 Å². The minimum Gasteiger partial charge on any atom is -0.443 e. The van der Waals surface area contributed by atoms with Crippen molar-refractivity contribution in [3.63, 3.8) is 0 Å². The summed E-state index contributed by atoms with van der Waals surface area (Å²) in [5, 5.41) is 4.10. The molecule has 6 heteroatoms. The molecule has 0 aliphatic carbocycles. The molecule has 1 saturated heterocycles. The highest BCUT2D eigenvalue weighted by Gasteiger charge is 2.42. The zero-order valence-corrected chi connectivity index (χ0v) is 10.8. The van der Waals surface area contributed by atoms with Crippen LogP contribution in [0.3, 0.4) is 0 Å². The van der Waals surface area contributed by atoms with Gasteiger partial charge in [-0.1, -0.05) is 0 Å². The summed E-state index contributed by atoms with van der Waals surface area (Å²) in [4.78, 5) is 11.8. The Kier molecular flexibility index (Phi) is 4.32. The highest BCUT2D eigenvalue weighted by Crippen LogP contribution is 2.26. The van der Waals surface area contributed by atoms with Gasteiger partial charge in [0.25, 0.3) is 0 Å². The Bertz CT molecular complexity index is 272. The molecule has 0 unspecified atom stereocenters. The van der Waals surface area contributed by atoms with E-state index in [4.69, 9.17) is 10.6 Å². The largest absolute Gasteiger partial charge is 0.443 e. The van der Waals surface area contributed by atoms with Crippen LogP contribution in [0.25, 0.3) is 0 Å². The Balaban J connectivity index is 2.71. The molecule has 1 aliphatic heterocycles. The van der Waals surface area contributed by atoms with E-state index in [9.17, 15) is 9.18 Å². The molecule has 1 heterocycles. The van der Waals surface area contributed by atoms with Crippen LogP contribution in [0.1, 0.15) is 40.0 Å². The van der Waals surface area contributed by atoms with E-state index in [1.165, 1.54) is 0 Å². The van der Waals surface area contributed by atoms with E-state index in [1.54, 1.807) is 20.8 Å². The van der Waals surface area contributed by atoms with E-state index >= 15 is 0 Å². The number of carbonyl (C=O) groups excluding carboxylic acids is 1. The van der Waals surface area contributed by atoms with Gasteiger partial charge in [0.15, 0.2) is 0 Å². The van der Waals surface area contributed by atoms with Gasteiger partial charge in [-0.15, -0.1) is 0 Å². The number of alkyl halides is 1. The lowest BCUT2D eigenvalue weighted by molar-refractivity contribution is -0.0126. The lowest BCUT2D eigenvalue weighted by Gasteiger charge is -2.38. The average molecular weight is 247 g/mol. The molecule has 1 atom stereocenters. The summed E-state index contributed by atoms with van der Waals surface area (Å²) >= 11 is 0. The Morgan fingerprint density at radius 3 is 2.65 bits per heavy atom. The summed E-state index contributed by atoms with van der Waals surface area (Å²) in [6.07, 6.45) is 1.08. The molecule has 1 amide bonds. The van der Waals surface area contributed by atoms with Gasteiger partial charge in [0, 0.05) is 6.42 Å². The third-order valence-corrected chi connectivity index (χ3v) is 2.78. The molecular formula is C11H22FN3O2. The summed E-state index contributed by atoms with van der Waals surface area (Å²) in [7, 11) is 0. The van der Waals surface area contributed by atoms with E-state index in [0.29, 0.717) is 6.42 Å². The van der Waals surface area contributed by atoms with E-state index in [-0.39, 0.29) is 6.42 Å².